The molecule has 1 aliphatic rings. The molecule has 0 bridgehead atoms. The van der Waals surface area contributed by atoms with E-state index in [1.165, 1.54) is 0 Å². The van der Waals surface area contributed by atoms with E-state index in [1.54, 1.807) is 9.58 Å². The van der Waals surface area contributed by atoms with Crippen LogP contribution in [0.15, 0.2) is 10.7 Å². The van der Waals surface area contributed by atoms with E-state index in [9.17, 15) is 4.79 Å². The summed E-state index contributed by atoms with van der Waals surface area (Å²) >= 11 is 3.30. The molecule has 0 spiro atoms. The molecule has 0 atom stereocenters. The van der Waals surface area contributed by atoms with Crippen LogP contribution in [0.4, 0.5) is 0 Å². The number of carbonyl (C=O) groups excluding carboxylic acids is 1. The molecule has 0 saturated heterocycles. The number of rotatable bonds is 0. The summed E-state index contributed by atoms with van der Waals surface area (Å²) in [5.41, 5.74) is 1.12. The number of nitrogens with zero attached hydrogens (tertiary/aromatic N) is 3. The number of fused-ring (bicyclic) bond motifs is 1. The van der Waals surface area contributed by atoms with Crippen molar-refractivity contribution in [3.8, 4) is 0 Å². The second-order valence-electron chi connectivity index (χ2n) is 3.18. The monoisotopic (exact) mass is 243 g/mol. The van der Waals surface area contributed by atoms with Crippen LogP contribution < -0.4 is 0 Å². The van der Waals surface area contributed by atoms with Gasteiger partial charge in [0.15, 0.2) is 0 Å². The van der Waals surface area contributed by atoms with Crippen molar-refractivity contribution < 1.29 is 4.79 Å². The Labute approximate surface area is 84.6 Å². The van der Waals surface area contributed by atoms with Crippen molar-refractivity contribution >= 4 is 21.8 Å². The summed E-state index contributed by atoms with van der Waals surface area (Å²) in [7, 11) is 1.82. The highest BCUT2D eigenvalue weighted by Crippen LogP contribution is 2.14. The van der Waals surface area contributed by atoms with Crippen LogP contribution >= 0.6 is 15.9 Å². The van der Waals surface area contributed by atoms with Crippen molar-refractivity contribution in [2.24, 2.45) is 0 Å². The van der Waals surface area contributed by atoms with E-state index in [0.717, 1.165) is 23.3 Å². The highest BCUT2D eigenvalue weighted by atomic mass is 79.9. The molecule has 1 amide bonds. The van der Waals surface area contributed by atoms with E-state index in [-0.39, 0.29) is 5.91 Å². The summed E-state index contributed by atoms with van der Waals surface area (Å²) < 4.78 is 2.57. The summed E-state index contributed by atoms with van der Waals surface area (Å²) in [5, 5.41) is 4.18. The van der Waals surface area contributed by atoms with Crippen LogP contribution in [-0.2, 0) is 17.8 Å². The fourth-order valence-corrected chi connectivity index (χ4v) is 1.87. The van der Waals surface area contributed by atoms with Crippen molar-refractivity contribution in [2.75, 3.05) is 13.6 Å². The number of hydrogen-bond acceptors (Lipinski definition) is 2. The minimum absolute atomic E-state index is 0.120. The lowest BCUT2D eigenvalue weighted by atomic mass is 10.3. The first-order valence-corrected chi connectivity index (χ1v) is 4.92. The van der Waals surface area contributed by atoms with Gasteiger partial charge in [0, 0.05) is 25.7 Å². The Hall–Kier alpha value is -0.840. The van der Waals surface area contributed by atoms with Crippen LogP contribution in [0.5, 0.6) is 0 Å². The van der Waals surface area contributed by atoms with Gasteiger partial charge in [0.1, 0.15) is 11.1 Å². The Kier molecular flexibility index (Phi) is 2.11. The molecule has 0 unspecified atom stereocenters. The van der Waals surface area contributed by atoms with Gasteiger partial charge in [0.2, 0.25) is 5.91 Å². The topological polar surface area (TPSA) is 38.1 Å². The number of amides is 1. The number of likely N-dealkylation sites (N-methyl/N-ethyl adjacent to an activating group) is 1. The number of hydrogen-bond donors (Lipinski definition) is 0. The maximum atomic E-state index is 11.4. The number of halogens is 1. The maximum absolute atomic E-state index is 11.4. The second-order valence-corrected chi connectivity index (χ2v) is 3.99. The molecule has 0 fully saturated rings. The van der Waals surface area contributed by atoms with E-state index in [1.807, 2.05) is 13.1 Å². The largest absolute Gasteiger partial charge is 0.344 e. The summed E-state index contributed by atoms with van der Waals surface area (Å²) in [6, 6.07) is 1.96. The third-order valence-electron chi connectivity index (χ3n) is 2.25. The molecule has 13 heavy (non-hydrogen) atoms. The number of aromatic nitrogens is 2. The molecule has 2 heterocycles. The molecule has 1 aliphatic heterocycles. The van der Waals surface area contributed by atoms with Gasteiger partial charge in [-0.15, -0.1) is 0 Å². The van der Waals surface area contributed by atoms with Crippen molar-refractivity contribution in [3.63, 3.8) is 0 Å². The standard InChI is InChI=1S/C8H10BrN3O/c1-11-3-2-6-4-7(9)10-12(6)5-8(11)13/h4H,2-3,5H2,1H3. The molecular formula is C8H10BrN3O. The summed E-state index contributed by atoms with van der Waals surface area (Å²) in [6.45, 7) is 1.13. The molecule has 0 aromatic carbocycles. The first kappa shape index (κ1) is 8.74. The van der Waals surface area contributed by atoms with Gasteiger partial charge in [0.25, 0.3) is 0 Å². The zero-order valence-corrected chi connectivity index (χ0v) is 8.91. The Morgan fingerprint density at radius 1 is 1.62 bits per heavy atom. The molecule has 1 aromatic rings. The maximum Gasteiger partial charge on any atom is 0.244 e. The van der Waals surface area contributed by atoms with Gasteiger partial charge in [-0.25, -0.2) is 0 Å². The average molecular weight is 244 g/mol. The third-order valence-corrected chi connectivity index (χ3v) is 2.64. The molecular weight excluding hydrogens is 234 g/mol. The third kappa shape index (κ3) is 1.60. The van der Waals surface area contributed by atoms with E-state index < -0.39 is 0 Å². The SMILES string of the molecule is CN1CCc2cc(Br)nn2CC1=O. The minimum Gasteiger partial charge on any atom is -0.344 e. The summed E-state index contributed by atoms with van der Waals surface area (Å²) in [6.07, 6.45) is 0.876. The zero-order chi connectivity index (χ0) is 9.42. The van der Waals surface area contributed by atoms with Crippen LogP contribution in [0.25, 0.3) is 0 Å². The van der Waals surface area contributed by atoms with Crippen molar-refractivity contribution in [1.29, 1.82) is 0 Å². The van der Waals surface area contributed by atoms with Gasteiger partial charge in [-0.2, -0.15) is 5.10 Å². The quantitative estimate of drug-likeness (QED) is 0.672. The Bertz CT molecular complexity index is 347. The summed E-state index contributed by atoms with van der Waals surface area (Å²) in [5.74, 6) is 0.120. The molecule has 1 aromatic heterocycles. The predicted molar refractivity (Wildman–Crippen MR) is 51.3 cm³/mol. The van der Waals surface area contributed by atoms with Crippen LogP contribution in [0.1, 0.15) is 5.69 Å². The van der Waals surface area contributed by atoms with Crippen molar-refractivity contribution in [2.45, 2.75) is 13.0 Å². The Morgan fingerprint density at radius 2 is 2.38 bits per heavy atom. The molecule has 70 valence electrons. The van der Waals surface area contributed by atoms with Crippen LogP contribution in [0.2, 0.25) is 0 Å². The average Bonchev–Trinajstić information content (AvgIpc) is 2.36. The number of carbonyl (C=O) groups is 1. The highest BCUT2D eigenvalue weighted by Gasteiger charge is 2.18. The van der Waals surface area contributed by atoms with E-state index in [4.69, 9.17) is 0 Å². The van der Waals surface area contributed by atoms with E-state index in [2.05, 4.69) is 21.0 Å². The van der Waals surface area contributed by atoms with Gasteiger partial charge in [-0.05, 0) is 22.0 Å². The van der Waals surface area contributed by atoms with E-state index >= 15 is 0 Å². The molecule has 0 aliphatic carbocycles. The molecule has 2 rings (SSSR count). The van der Waals surface area contributed by atoms with Gasteiger partial charge in [-0.3, -0.25) is 9.48 Å². The van der Waals surface area contributed by atoms with Gasteiger partial charge < -0.3 is 4.90 Å². The summed E-state index contributed by atoms with van der Waals surface area (Å²) in [4.78, 5) is 13.2. The molecule has 4 nitrogen and oxygen atoms in total. The van der Waals surface area contributed by atoms with Crippen LogP contribution in [0, 0.1) is 0 Å². The van der Waals surface area contributed by atoms with Crippen LogP contribution in [0.3, 0.4) is 0 Å². The predicted octanol–water partition coefficient (Wildman–Crippen LogP) is 0.660. The lowest BCUT2D eigenvalue weighted by molar-refractivity contribution is -0.130. The molecule has 0 radical (unpaired) electrons. The second kappa shape index (κ2) is 3.14. The van der Waals surface area contributed by atoms with Gasteiger partial charge in [-0.1, -0.05) is 0 Å². The highest BCUT2D eigenvalue weighted by molar-refractivity contribution is 9.10. The smallest absolute Gasteiger partial charge is 0.244 e. The fraction of sp³-hybridized carbons (Fsp3) is 0.500. The first-order valence-electron chi connectivity index (χ1n) is 4.13. The zero-order valence-electron chi connectivity index (χ0n) is 7.33. The first-order chi connectivity index (χ1) is 6.16. The van der Waals surface area contributed by atoms with Gasteiger partial charge >= 0.3 is 0 Å². The lowest BCUT2D eigenvalue weighted by Crippen LogP contribution is -2.28. The normalized spacial score (nSPS) is 17.1. The molecule has 0 N–H and O–H groups in total. The molecule has 5 heteroatoms. The Morgan fingerprint density at radius 3 is 3.15 bits per heavy atom. The van der Waals surface area contributed by atoms with Crippen molar-refractivity contribution in [1.82, 2.24) is 14.7 Å². The minimum atomic E-state index is 0.120. The van der Waals surface area contributed by atoms with Gasteiger partial charge in [0.05, 0.1) is 0 Å². The molecule has 0 saturated carbocycles. The lowest BCUT2D eigenvalue weighted by Gasteiger charge is -2.11. The van der Waals surface area contributed by atoms with E-state index in [0.29, 0.717) is 6.54 Å². The van der Waals surface area contributed by atoms with Crippen molar-refractivity contribution in [3.05, 3.63) is 16.4 Å². The van der Waals surface area contributed by atoms with Crippen LogP contribution in [-0.4, -0.2) is 34.2 Å². The Balaban J connectivity index is 2.33. The fourth-order valence-electron chi connectivity index (χ4n) is 1.41.